The SMILES string of the molecule is COCC1(COC)Cc2cn(C(C)C)nc2C(=O)N1C. The summed E-state index contributed by atoms with van der Waals surface area (Å²) < 4.78 is 12.5. The molecule has 1 amide bonds. The molecule has 0 fully saturated rings. The molecule has 0 spiro atoms. The Bertz CT molecular complexity index is 490. The number of hydrogen-bond acceptors (Lipinski definition) is 4. The molecule has 0 N–H and O–H groups in total. The van der Waals surface area contributed by atoms with E-state index < -0.39 is 5.54 Å². The van der Waals surface area contributed by atoms with Gasteiger partial charge in [0.2, 0.25) is 0 Å². The van der Waals surface area contributed by atoms with Crippen molar-refractivity contribution in [1.29, 1.82) is 0 Å². The second kappa shape index (κ2) is 5.54. The average Bonchev–Trinajstić information content (AvgIpc) is 2.81. The van der Waals surface area contributed by atoms with Crippen molar-refractivity contribution < 1.29 is 14.3 Å². The zero-order valence-corrected chi connectivity index (χ0v) is 12.8. The summed E-state index contributed by atoms with van der Waals surface area (Å²) in [5.74, 6) is -0.0697. The topological polar surface area (TPSA) is 56.6 Å². The highest BCUT2D eigenvalue weighted by Crippen LogP contribution is 2.30. The van der Waals surface area contributed by atoms with Crippen molar-refractivity contribution >= 4 is 5.91 Å². The Morgan fingerprint density at radius 2 is 1.95 bits per heavy atom. The number of amides is 1. The van der Waals surface area contributed by atoms with Gasteiger partial charge in [0, 0.05) is 45.5 Å². The zero-order valence-electron chi connectivity index (χ0n) is 12.8. The van der Waals surface area contributed by atoms with Crippen molar-refractivity contribution in [1.82, 2.24) is 14.7 Å². The smallest absolute Gasteiger partial charge is 0.275 e. The van der Waals surface area contributed by atoms with Crippen molar-refractivity contribution in [3.05, 3.63) is 17.5 Å². The van der Waals surface area contributed by atoms with Crippen molar-refractivity contribution in [3.63, 3.8) is 0 Å². The third-order valence-corrected chi connectivity index (χ3v) is 3.90. The lowest BCUT2D eigenvalue weighted by molar-refractivity contribution is -0.0232. The molecule has 0 atom stereocenters. The van der Waals surface area contributed by atoms with Crippen LogP contribution >= 0.6 is 0 Å². The van der Waals surface area contributed by atoms with Gasteiger partial charge in [0.15, 0.2) is 5.69 Å². The lowest BCUT2D eigenvalue weighted by Crippen LogP contribution is -2.59. The molecule has 0 radical (unpaired) electrons. The fourth-order valence-electron chi connectivity index (χ4n) is 2.73. The maximum atomic E-state index is 12.6. The van der Waals surface area contributed by atoms with Gasteiger partial charge in [-0.3, -0.25) is 9.48 Å². The Morgan fingerprint density at radius 3 is 2.45 bits per heavy atom. The minimum absolute atomic E-state index is 0.0697. The minimum Gasteiger partial charge on any atom is -0.382 e. The van der Waals surface area contributed by atoms with E-state index in [1.54, 1.807) is 26.2 Å². The Morgan fingerprint density at radius 1 is 1.35 bits per heavy atom. The van der Waals surface area contributed by atoms with Crippen LogP contribution in [0.3, 0.4) is 0 Å². The van der Waals surface area contributed by atoms with Gasteiger partial charge in [0.1, 0.15) is 0 Å². The van der Waals surface area contributed by atoms with E-state index in [1.165, 1.54) is 0 Å². The van der Waals surface area contributed by atoms with Crippen LogP contribution in [0.4, 0.5) is 0 Å². The quantitative estimate of drug-likeness (QED) is 0.811. The van der Waals surface area contributed by atoms with E-state index in [9.17, 15) is 4.79 Å². The third kappa shape index (κ3) is 2.33. The highest BCUT2D eigenvalue weighted by atomic mass is 16.5. The van der Waals surface area contributed by atoms with E-state index in [1.807, 2.05) is 24.7 Å². The summed E-state index contributed by atoms with van der Waals surface area (Å²) in [6, 6.07) is 0.234. The van der Waals surface area contributed by atoms with E-state index in [2.05, 4.69) is 5.10 Å². The first kappa shape index (κ1) is 15.0. The monoisotopic (exact) mass is 281 g/mol. The molecular weight excluding hydrogens is 258 g/mol. The van der Waals surface area contributed by atoms with Gasteiger partial charge < -0.3 is 14.4 Å². The van der Waals surface area contributed by atoms with Gasteiger partial charge in [0.25, 0.3) is 5.91 Å². The Hall–Kier alpha value is -1.40. The van der Waals surface area contributed by atoms with Gasteiger partial charge in [-0.1, -0.05) is 0 Å². The summed E-state index contributed by atoms with van der Waals surface area (Å²) in [4.78, 5) is 14.3. The molecule has 0 saturated carbocycles. The number of aromatic nitrogens is 2. The van der Waals surface area contributed by atoms with Gasteiger partial charge in [-0.15, -0.1) is 0 Å². The van der Waals surface area contributed by atoms with Crippen LogP contribution in [0.5, 0.6) is 0 Å². The van der Waals surface area contributed by atoms with Gasteiger partial charge in [-0.05, 0) is 13.8 Å². The number of likely N-dealkylation sites (N-methyl/N-ethyl adjacent to an activating group) is 1. The molecule has 0 saturated heterocycles. The highest BCUT2D eigenvalue weighted by molar-refractivity contribution is 5.95. The van der Waals surface area contributed by atoms with Crippen LogP contribution in [0.25, 0.3) is 0 Å². The first-order valence-electron chi connectivity index (χ1n) is 6.79. The van der Waals surface area contributed by atoms with Crippen LogP contribution in [-0.2, 0) is 15.9 Å². The van der Waals surface area contributed by atoms with Crippen molar-refractivity contribution in [2.45, 2.75) is 31.8 Å². The first-order chi connectivity index (χ1) is 9.45. The van der Waals surface area contributed by atoms with Crippen LogP contribution in [0.1, 0.15) is 35.9 Å². The maximum absolute atomic E-state index is 12.6. The predicted octanol–water partition coefficient (Wildman–Crippen LogP) is 1.12. The molecule has 112 valence electrons. The van der Waals surface area contributed by atoms with Gasteiger partial charge in [-0.2, -0.15) is 5.10 Å². The first-order valence-corrected chi connectivity index (χ1v) is 6.79. The summed E-state index contributed by atoms with van der Waals surface area (Å²) in [7, 11) is 5.07. The lowest BCUT2D eigenvalue weighted by Gasteiger charge is -2.43. The molecule has 1 aromatic rings. The molecule has 1 aliphatic rings. The molecule has 1 aromatic heterocycles. The number of hydrogen-bond donors (Lipinski definition) is 0. The van der Waals surface area contributed by atoms with Crippen molar-refractivity contribution in [2.75, 3.05) is 34.5 Å². The second-order valence-electron chi connectivity index (χ2n) is 5.71. The predicted molar refractivity (Wildman–Crippen MR) is 74.9 cm³/mol. The molecule has 6 heteroatoms. The number of ether oxygens (including phenoxy) is 2. The summed E-state index contributed by atoms with van der Waals surface area (Å²) in [5.41, 5.74) is 1.05. The largest absolute Gasteiger partial charge is 0.382 e. The molecular formula is C14H23N3O3. The molecule has 0 aromatic carbocycles. The molecule has 2 rings (SSSR count). The van der Waals surface area contributed by atoms with Crippen LogP contribution in [-0.4, -0.2) is 60.6 Å². The Labute approximate surface area is 119 Å². The number of carbonyl (C=O) groups is 1. The fourth-order valence-corrected chi connectivity index (χ4v) is 2.73. The summed E-state index contributed by atoms with van der Waals surface area (Å²) >= 11 is 0. The van der Waals surface area contributed by atoms with Gasteiger partial charge in [0.05, 0.1) is 18.8 Å². The zero-order chi connectivity index (χ0) is 14.9. The second-order valence-corrected chi connectivity index (χ2v) is 5.71. The average molecular weight is 281 g/mol. The standard InChI is InChI=1S/C14H23N3O3/c1-10(2)17-7-11-6-14(8-19-4,9-20-5)16(3)13(18)12(11)15-17/h7,10H,6,8-9H2,1-5H3. The molecule has 0 bridgehead atoms. The number of fused-ring (bicyclic) bond motifs is 1. The van der Waals surface area contributed by atoms with Crippen LogP contribution in [0, 0.1) is 0 Å². The van der Waals surface area contributed by atoms with E-state index in [4.69, 9.17) is 9.47 Å². The molecule has 2 heterocycles. The van der Waals surface area contributed by atoms with Gasteiger partial charge in [-0.25, -0.2) is 0 Å². The van der Waals surface area contributed by atoms with Crippen molar-refractivity contribution in [2.24, 2.45) is 0 Å². The number of rotatable bonds is 5. The van der Waals surface area contributed by atoms with E-state index in [0.717, 1.165) is 5.56 Å². The van der Waals surface area contributed by atoms with E-state index in [0.29, 0.717) is 25.3 Å². The van der Waals surface area contributed by atoms with E-state index >= 15 is 0 Å². The third-order valence-electron chi connectivity index (χ3n) is 3.90. The summed E-state index contributed by atoms with van der Waals surface area (Å²) in [6.45, 7) is 4.97. The van der Waals surface area contributed by atoms with Crippen LogP contribution < -0.4 is 0 Å². The number of nitrogens with zero attached hydrogens (tertiary/aromatic N) is 3. The molecule has 6 nitrogen and oxygen atoms in total. The molecule has 20 heavy (non-hydrogen) atoms. The molecule has 0 aliphatic carbocycles. The molecule has 1 aliphatic heterocycles. The normalized spacial score (nSPS) is 17.7. The molecule has 0 unspecified atom stereocenters. The van der Waals surface area contributed by atoms with Gasteiger partial charge >= 0.3 is 0 Å². The highest BCUT2D eigenvalue weighted by Gasteiger charge is 2.44. The van der Waals surface area contributed by atoms with E-state index in [-0.39, 0.29) is 11.9 Å². The number of carbonyl (C=O) groups excluding carboxylic acids is 1. The van der Waals surface area contributed by atoms with Crippen molar-refractivity contribution in [3.8, 4) is 0 Å². The Kier molecular flexibility index (Phi) is 4.15. The van der Waals surface area contributed by atoms with Crippen LogP contribution in [0.2, 0.25) is 0 Å². The summed E-state index contributed by atoms with van der Waals surface area (Å²) in [6.07, 6.45) is 2.66. The van der Waals surface area contributed by atoms with Crippen LogP contribution in [0.15, 0.2) is 6.20 Å². The fraction of sp³-hybridized carbons (Fsp3) is 0.714. The number of methoxy groups -OCH3 is 2. The maximum Gasteiger partial charge on any atom is 0.275 e. The lowest BCUT2D eigenvalue weighted by atomic mass is 9.86. The summed E-state index contributed by atoms with van der Waals surface area (Å²) in [5, 5.41) is 4.41. The Balaban J connectivity index is 2.43. The minimum atomic E-state index is -0.460.